The number of halogens is 3. The van der Waals surface area contributed by atoms with E-state index in [2.05, 4.69) is 10.2 Å². The second-order valence-electron chi connectivity index (χ2n) is 7.38. The van der Waals surface area contributed by atoms with Crippen LogP contribution in [-0.2, 0) is 17.5 Å². The molecule has 2 saturated heterocycles. The second-order valence-corrected chi connectivity index (χ2v) is 7.38. The van der Waals surface area contributed by atoms with Gasteiger partial charge >= 0.3 is 12.1 Å². The fourth-order valence-electron chi connectivity index (χ4n) is 4.00. The van der Waals surface area contributed by atoms with Crippen LogP contribution in [0.1, 0.15) is 35.4 Å². The molecule has 0 saturated carbocycles. The van der Waals surface area contributed by atoms with Gasteiger partial charge in [-0.25, -0.2) is 0 Å². The third-order valence-corrected chi connectivity index (χ3v) is 5.46. The van der Waals surface area contributed by atoms with E-state index in [0.29, 0.717) is 32.5 Å². The first-order valence-electron chi connectivity index (χ1n) is 9.40. The lowest BCUT2D eigenvalue weighted by Crippen LogP contribution is -2.43. The summed E-state index contributed by atoms with van der Waals surface area (Å²) in [5.74, 6) is -0.831. The molecule has 0 aliphatic carbocycles. The average molecular weight is 385 g/mol. The van der Waals surface area contributed by atoms with Crippen LogP contribution in [0.3, 0.4) is 0 Å². The van der Waals surface area contributed by atoms with Gasteiger partial charge in [0.05, 0.1) is 12.1 Å². The fraction of sp³-hybridized carbons (Fsp3) is 0.632. The zero-order valence-electron chi connectivity index (χ0n) is 15.3. The highest BCUT2D eigenvalue weighted by atomic mass is 19.4. The van der Waals surface area contributed by atoms with Crippen molar-refractivity contribution in [2.45, 2.75) is 31.5 Å². The molecule has 2 N–H and O–H groups in total. The summed E-state index contributed by atoms with van der Waals surface area (Å²) in [4.78, 5) is 15.0. The van der Waals surface area contributed by atoms with Crippen LogP contribution in [0.2, 0.25) is 0 Å². The SMILES string of the molecule is O=C(O)CN1CCC(c2cc(C(F)(F)F)ccc2CN2CCNCC2)CC1. The second kappa shape index (κ2) is 8.58. The van der Waals surface area contributed by atoms with E-state index in [9.17, 15) is 18.0 Å². The Hall–Kier alpha value is -1.64. The van der Waals surface area contributed by atoms with Gasteiger partial charge in [-0.3, -0.25) is 14.6 Å². The highest BCUT2D eigenvalue weighted by Crippen LogP contribution is 2.36. The third-order valence-electron chi connectivity index (χ3n) is 5.46. The maximum atomic E-state index is 13.2. The van der Waals surface area contributed by atoms with Gasteiger partial charge in [0.2, 0.25) is 0 Å². The van der Waals surface area contributed by atoms with Gasteiger partial charge in [0.1, 0.15) is 0 Å². The summed E-state index contributed by atoms with van der Waals surface area (Å²) in [5, 5.41) is 12.2. The highest BCUT2D eigenvalue weighted by Gasteiger charge is 2.33. The number of piperidine rings is 1. The standard InChI is InChI=1S/C19H26F3N3O2/c20-19(21,22)16-2-1-15(12-25-9-5-23-6-10-25)17(11-16)14-3-7-24(8-4-14)13-18(26)27/h1-2,11,14,23H,3-10,12-13H2,(H,26,27). The molecule has 2 heterocycles. The molecule has 2 aliphatic rings. The Morgan fingerprint density at radius 2 is 1.78 bits per heavy atom. The first-order valence-corrected chi connectivity index (χ1v) is 9.40. The lowest BCUT2D eigenvalue weighted by molar-refractivity contribution is -0.139. The van der Waals surface area contributed by atoms with Gasteiger partial charge in [-0.05, 0) is 55.1 Å². The van der Waals surface area contributed by atoms with E-state index in [1.54, 1.807) is 6.07 Å². The smallest absolute Gasteiger partial charge is 0.416 e. The highest BCUT2D eigenvalue weighted by molar-refractivity contribution is 5.69. The molecule has 0 unspecified atom stereocenters. The predicted octanol–water partition coefficient (Wildman–Crippen LogP) is 2.37. The maximum Gasteiger partial charge on any atom is 0.416 e. The topological polar surface area (TPSA) is 55.8 Å². The average Bonchev–Trinajstić information content (AvgIpc) is 2.62. The van der Waals surface area contributed by atoms with Gasteiger partial charge in [-0.1, -0.05) is 6.07 Å². The van der Waals surface area contributed by atoms with Crippen LogP contribution in [0, 0.1) is 0 Å². The van der Waals surface area contributed by atoms with Crippen LogP contribution in [0.5, 0.6) is 0 Å². The van der Waals surface area contributed by atoms with Gasteiger partial charge in [0, 0.05) is 32.7 Å². The summed E-state index contributed by atoms with van der Waals surface area (Å²) in [5.41, 5.74) is 1.13. The van der Waals surface area contributed by atoms with Crippen molar-refractivity contribution in [2.75, 3.05) is 45.8 Å². The number of hydrogen-bond acceptors (Lipinski definition) is 4. The van der Waals surface area contributed by atoms with Crippen molar-refractivity contribution in [1.29, 1.82) is 0 Å². The predicted molar refractivity (Wildman–Crippen MR) is 95.6 cm³/mol. The van der Waals surface area contributed by atoms with Crippen LogP contribution in [0.25, 0.3) is 0 Å². The Kier molecular flexibility index (Phi) is 6.39. The van der Waals surface area contributed by atoms with Crippen LogP contribution < -0.4 is 5.32 Å². The van der Waals surface area contributed by atoms with Crippen molar-refractivity contribution in [3.63, 3.8) is 0 Å². The van der Waals surface area contributed by atoms with E-state index < -0.39 is 17.7 Å². The van der Waals surface area contributed by atoms with E-state index in [-0.39, 0.29) is 12.5 Å². The number of hydrogen-bond donors (Lipinski definition) is 2. The molecule has 150 valence electrons. The van der Waals surface area contributed by atoms with Crippen LogP contribution in [-0.4, -0.2) is 66.7 Å². The molecule has 2 aliphatic heterocycles. The van der Waals surface area contributed by atoms with Gasteiger partial charge < -0.3 is 10.4 Å². The summed E-state index contributed by atoms with van der Waals surface area (Å²) in [6.07, 6.45) is -2.99. The minimum atomic E-state index is -4.35. The maximum absolute atomic E-state index is 13.2. The van der Waals surface area contributed by atoms with Crippen molar-refractivity contribution in [2.24, 2.45) is 0 Å². The molecule has 0 amide bonds. The number of piperazine rings is 1. The Labute approximate surface area is 157 Å². The van der Waals surface area contributed by atoms with Crippen molar-refractivity contribution in [3.8, 4) is 0 Å². The van der Waals surface area contributed by atoms with E-state index in [1.807, 2.05) is 4.90 Å². The minimum Gasteiger partial charge on any atom is -0.480 e. The van der Waals surface area contributed by atoms with Crippen LogP contribution in [0.15, 0.2) is 18.2 Å². The fourth-order valence-corrected chi connectivity index (χ4v) is 4.00. The zero-order chi connectivity index (χ0) is 19.4. The Morgan fingerprint density at radius 1 is 1.11 bits per heavy atom. The number of carbonyl (C=O) groups is 1. The molecule has 5 nitrogen and oxygen atoms in total. The largest absolute Gasteiger partial charge is 0.480 e. The van der Waals surface area contributed by atoms with E-state index in [0.717, 1.165) is 37.3 Å². The first-order chi connectivity index (χ1) is 12.8. The molecule has 0 aromatic heterocycles. The van der Waals surface area contributed by atoms with Crippen LogP contribution in [0.4, 0.5) is 13.2 Å². The van der Waals surface area contributed by atoms with Crippen molar-refractivity contribution in [1.82, 2.24) is 15.1 Å². The number of likely N-dealkylation sites (tertiary alicyclic amines) is 1. The molecule has 2 fully saturated rings. The third kappa shape index (κ3) is 5.43. The molecule has 0 atom stereocenters. The number of carboxylic acid groups (broad SMARTS) is 1. The molecule has 27 heavy (non-hydrogen) atoms. The van der Waals surface area contributed by atoms with E-state index in [4.69, 9.17) is 5.11 Å². The van der Waals surface area contributed by atoms with Crippen LogP contribution >= 0.6 is 0 Å². The number of carboxylic acids is 1. The molecular weight excluding hydrogens is 359 g/mol. The number of alkyl halides is 3. The number of nitrogens with one attached hydrogen (secondary N) is 1. The van der Waals surface area contributed by atoms with Crippen molar-refractivity contribution < 1.29 is 23.1 Å². The summed E-state index contributed by atoms with van der Waals surface area (Å²) < 4.78 is 39.7. The van der Waals surface area contributed by atoms with Crippen molar-refractivity contribution >= 4 is 5.97 Å². The number of benzene rings is 1. The van der Waals surface area contributed by atoms with Crippen molar-refractivity contribution in [3.05, 3.63) is 34.9 Å². The lowest BCUT2D eigenvalue weighted by atomic mass is 9.85. The summed E-state index contributed by atoms with van der Waals surface area (Å²) >= 11 is 0. The monoisotopic (exact) mass is 385 g/mol. The molecule has 3 rings (SSSR count). The first kappa shape index (κ1) is 20.1. The lowest BCUT2D eigenvalue weighted by Gasteiger charge is -2.34. The molecule has 0 spiro atoms. The van der Waals surface area contributed by atoms with Gasteiger partial charge in [0.25, 0.3) is 0 Å². The molecule has 0 bridgehead atoms. The normalized spacial score (nSPS) is 20.7. The molecule has 0 radical (unpaired) electrons. The molecular formula is C19H26F3N3O2. The molecule has 1 aromatic rings. The van der Waals surface area contributed by atoms with E-state index in [1.165, 1.54) is 12.1 Å². The zero-order valence-corrected chi connectivity index (χ0v) is 15.3. The summed E-state index contributed by atoms with van der Waals surface area (Å²) in [6, 6.07) is 4.12. The molecule has 8 heteroatoms. The molecule has 1 aromatic carbocycles. The summed E-state index contributed by atoms with van der Waals surface area (Å²) in [7, 11) is 0. The number of aliphatic carboxylic acids is 1. The van der Waals surface area contributed by atoms with E-state index >= 15 is 0 Å². The quantitative estimate of drug-likeness (QED) is 0.815. The Bertz CT molecular complexity index is 652. The number of rotatable bonds is 5. The number of nitrogens with zero attached hydrogens (tertiary/aromatic N) is 2. The van der Waals surface area contributed by atoms with Gasteiger partial charge in [-0.15, -0.1) is 0 Å². The Balaban J connectivity index is 1.78. The van der Waals surface area contributed by atoms with Gasteiger partial charge in [-0.2, -0.15) is 13.2 Å². The van der Waals surface area contributed by atoms with Gasteiger partial charge in [0.15, 0.2) is 0 Å². The Morgan fingerprint density at radius 3 is 2.37 bits per heavy atom. The summed E-state index contributed by atoms with van der Waals surface area (Å²) in [6.45, 7) is 5.40. The minimum absolute atomic E-state index is 0.0110.